The Morgan fingerprint density at radius 1 is 1.19 bits per heavy atom. The van der Waals surface area contributed by atoms with Crippen molar-refractivity contribution in [3.8, 4) is 0 Å². The van der Waals surface area contributed by atoms with Crippen molar-refractivity contribution < 1.29 is 21.7 Å². The molecule has 0 fully saturated rings. The van der Waals surface area contributed by atoms with Gasteiger partial charge in [-0.25, -0.2) is 0 Å². The first kappa shape index (κ1) is 16.2. The van der Waals surface area contributed by atoms with Crippen molar-refractivity contribution >= 4 is 25.4 Å². The second-order valence-electron chi connectivity index (χ2n) is 3.64. The average Bonchev–Trinajstić information content (AvgIpc) is 2.26. The van der Waals surface area contributed by atoms with E-state index in [4.69, 9.17) is 4.74 Å². The van der Waals surface area contributed by atoms with Gasteiger partial charge in [-0.05, 0) is 0 Å². The predicted molar refractivity (Wildman–Crippen MR) is 65.8 cm³/mol. The second-order valence-corrected chi connectivity index (χ2v) is 4.45. The maximum Gasteiger partial charge on any atom is -1.00 e. The van der Waals surface area contributed by atoms with Gasteiger partial charge >= 0.3 is 105 Å². The number of hydrogen-bond donors (Lipinski definition) is 0. The van der Waals surface area contributed by atoms with E-state index >= 15 is 0 Å². The standard InChI is InChI=1S/C13H17O.BrH.Mg/c1-2-11-14-12-7-6-10-13-8-4-3-5-9-13;;/h2,4-5,8-9H,1,6-7,10-12H2;1H;/q;;+1/p-1. The summed E-state index contributed by atoms with van der Waals surface area (Å²) in [4.78, 5) is 0. The van der Waals surface area contributed by atoms with Gasteiger partial charge in [-0.2, -0.15) is 0 Å². The van der Waals surface area contributed by atoms with Crippen molar-refractivity contribution in [3.63, 3.8) is 0 Å². The van der Waals surface area contributed by atoms with Crippen LogP contribution in [-0.2, 0) is 11.2 Å². The Morgan fingerprint density at radius 3 is 2.50 bits per heavy atom. The van der Waals surface area contributed by atoms with Gasteiger partial charge in [-0.3, -0.25) is 0 Å². The molecule has 16 heavy (non-hydrogen) atoms. The Morgan fingerprint density at radius 2 is 1.88 bits per heavy atom. The van der Waals surface area contributed by atoms with Gasteiger partial charge in [0, 0.05) is 0 Å². The smallest absolute Gasteiger partial charge is 1.00 e. The van der Waals surface area contributed by atoms with Crippen LogP contribution in [0.4, 0.5) is 0 Å². The first-order valence-corrected chi connectivity index (χ1v) is 6.13. The van der Waals surface area contributed by atoms with Crippen LogP contribution in [0.5, 0.6) is 0 Å². The summed E-state index contributed by atoms with van der Waals surface area (Å²) in [7, 11) is 0. The van der Waals surface area contributed by atoms with E-state index < -0.39 is 0 Å². The molecule has 0 saturated heterocycles. The van der Waals surface area contributed by atoms with E-state index in [1.54, 1.807) is 6.08 Å². The summed E-state index contributed by atoms with van der Waals surface area (Å²) in [6.07, 6.45) is 5.27. The first-order valence-electron chi connectivity index (χ1n) is 5.42. The summed E-state index contributed by atoms with van der Waals surface area (Å²) in [5.74, 6) is 0. The number of aryl methyl sites for hydroxylation is 1. The zero-order valence-electron chi connectivity index (χ0n) is 9.62. The molecule has 0 aliphatic heterocycles. The molecular weight excluding hydrogens is 276 g/mol. The molecule has 0 amide bonds. The fourth-order valence-electron chi connectivity index (χ4n) is 1.41. The normalized spacial score (nSPS) is 9.62. The molecule has 0 aliphatic rings. The van der Waals surface area contributed by atoms with Crippen LogP contribution >= 0.6 is 0 Å². The third-order valence-electron chi connectivity index (χ3n) is 2.26. The van der Waals surface area contributed by atoms with E-state index in [1.807, 2.05) is 21.7 Å². The summed E-state index contributed by atoms with van der Waals surface area (Å²) in [6, 6.07) is 8.80. The van der Waals surface area contributed by atoms with Gasteiger partial charge in [-0.1, -0.05) is 0 Å². The number of rotatable bonds is 7. The molecule has 0 radical (unpaired) electrons. The zero-order chi connectivity index (χ0) is 10.9. The summed E-state index contributed by atoms with van der Waals surface area (Å²) < 4.78 is 6.68. The van der Waals surface area contributed by atoms with E-state index in [2.05, 4.69) is 30.8 Å². The Balaban J connectivity index is 0.00000225. The van der Waals surface area contributed by atoms with Gasteiger partial charge < -0.3 is 17.0 Å². The summed E-state index contributed by atoms with van der Waals surface area (Å²) in [5.41, 5.74) is 1.43. The number of halogens is 1. The molecular formula is C13H17BrMgO. The van der Waals surface area contributed by atoms with E-state index in [0.29, 0.717) is 6.61 Å². The van der Waals surface area contributed by atoms with Crippen LogP contribution in [0.1, 0.15) is 18.4 Å². The largest absolute Gasteiger partial charge is 1.00 e. The predicted octanol–water partition coefficient (Wildman–Crippen LogP) is -0.990. The monoisotopic (exact) mass is 292 g/mol. The van der Waals surface area contributed by atoms with Gasteiger partial charge in [0.05, 0.1) is 0 Å². The van der Waals surface area contributed by atoms with Crippen LogP contribution in [0, 0.1) is 0 Å². The Labute approximate surface area is 121 Å². The van der Waals surface area contributed by atoms with Crippen LogP contribution in [0.25, 0.3) is 0 Å². The summed E-state index contributed by atoms with van der Waals surface area (Å²) in [5, 5.41) is 0. The zero-order valence-corrected chi connectivity index (χ0v) is 12.6. The van der Waals surface area contributed by atoms with Crippen molar-refractivity contribution in [2.45, 2.75) is 19.3 Å². The number of unbranched alkanes of at least 4 members (excludes halogenated alkanes) is 1. The first-order chi connectivity index (χ1) is 7.33. The fraction of sp³-hybridized carbons (Fsp3) is 0.385. The summed E-state index contributed by atoms with van der Waals surface area (Å²) in [6.45, 7) is 5.13. The minimum atomic E-state index is 0. The molecule has 0 N–H and O–H groups in total. The topological polar surface area (TPSA) is 9.23 Å². The van der Waals surface area contributed by atoms with Crippen molar-refractivity contribution in [3.05, 3.63) is 42.5 Å². The van der Waals surface area contributed by atoms with Gasteiger partial charge in [0.25, 0.3) is 0 Å². The Hall–Kier alpha value is 0.166. The molecule has 0 heterocycles. The Kier molecular flexibility index (Phi) is 10.4. The molecule has 0 unspecified atom stereocenters. The average molecular weight is 293 g/mol. The third-order valence-corrected chi connectivity index (χ3v) is 2.73. The Bertz CT molecular complexity index is 284. The van der Waals surface area contributed by atoms with Crippen LogP contribution in [-0.4, -0.2) is 34.9 Å². The summed E-state index contributed by atoms with van der Waals surface area (Å²) >= 11 is 1.92. The third kappa shape index (κ3) is 7.44. The maximum absolute atomic E-state index is 5.32. The fourth-order valence-corrected chi connectivity index (χ4v) is 1.64. The van der Waals surface area contributed by atoms with E-state index in [-0.39, 0.29) is 17.0 Å². The molecule has 1 aromatic carbocycles. The molecule has 0 atom stereocenters. The minimum absolute atomic E-state index is 0. The van der Waals surface area contributed by atoms with Crippen LogP contribution in [0.3, 0.4) is 0 Å². The van der Waals surface area contributed by atoms with Gasteiger partial charge in [-0.15, -0.1) is 0 Å². The number of hydrogen-bond acceptors (Lipinski definition) is 1. The molecule has 0 spiro atoms. The molecule has 0 aliphatic carbocycles. The number of benzene rings is 1. The number of ether oxygens (including phenoxy) is 1. The van der Waals surface area contributed by atoms with Crippen molar-refractivity contribution in [2.75, 3.05) is 13.2 Å². The van der Waals surface area contributed by atoms with Crippen molar-refractivity contribution in [2.24, 2.45) is 0 Å². The second kappa shape index (κ2) is 10.3. The van der Waals surface area contributed by atoms with Crippen LogP contribution < -0.4 is 20.7 Å². The van der Waals surface area contributed by atoms with Crippen molar-refractivity contribution in [1.82, 2.24) is 0 Å². The minimum Gasteiger partial charge on any atom is -1.00 e. The van der Waals surface area contributed by atoms with E-state index in [0.717, 1.165) is 19.4 Å². The van der Waals surface area contributed by atoms with Crippen LogP contribution in [0.2, 0.25) is 0 Å². The molecule has 0 saturated carbocycles. The molecule has 1 nitrogen and oxygen atoms in total. The molecule has 84 valence electrons. The van der Waals surface area contributed by atoms with Crippen molar-refractivity contribution in [1.29, 1.82) is 0 Å². The molecule has 0 bridgehead atoms. The molecule has 1 rings (SSSR count). The SMILES string of the molecule is C=CCOCCCCc1cc[c]([Mg+])cc1.[Br-]. The van der Waals surface area contributed by atoms with Crippen LogP contribution in [0.15, 0.2) is 36.9 Å². The van der Waals surface area contributed by atoms with Gasteiger partial charge in [0.15, 0.2) is 0 Å². The molecule has 1 aromatic rings. The van der Waals surface area contributed by atoms with E-state index in [1.165, 1.54) is 15.7 Å². The maximum atomic E-state index is 5.32. The van der Waals surface area contributed by atoms with E-state index in [9.17, 15) is 0 Å². The van der Waals surface area contributed by atoms with Gasteiger partial charge in [0.2, 0.25) is 0 Å². The molecule has 3 heteroatoms. The quantitative estimate of drug-likeness (QED) is 0.356. The molecule has 0 aromatic heterocycles. The van der Waals surface area contributed by atoms with Gasteiger partial charge in [0.1, 0.15) is 0 Å².